The number of pyridine rings is 2. The molecule has 6 aromatic carbocycles. The van der Waals surface area contributed by atoms with Gasteiger partial charge in [-0.2, -0.15) is 0 Å². The molecule has 0 N–H and O–H groups in total. The Hall–Kier alpha value is -6.13. The Morgan fingerprint density at radius 1 is 0.633 bits per heavy atom. The molecule has 0 saturated carbocycles. The normalized spacial score (nSPS) is 13.6. The van der Waals surface area contributed by atoms with E-state index in [-0.39, 0.29) is 0 Å². The Balaban J connectivity index is 0.971. The van der Waals surface area contributed by atoms with E-state index in [1.54, 1.807) is 0 Å². The van der Waals surface area contributed by atoms with Crippen molar-refractivity contribution in [2.75, 3.05) is 0 Å². The number of nitrogens with zero attached hydrogens (tertiary/aromatic N) is 4. The largest absolute Gasteiger partial charge is 0.308 e. The zero-order chi connectivity index (χ0) is 32.5. The molecule has 0 saturated heterocycles. The number of benzene rings is 6. The quantitative estimate of drug-likeness (QED) is 0.178. The summed E-state index contributed by atoms with van der Waals surface area (Å²) in [5.41, 5.74) is 12.7. The van der Waals surface area contributed by atoms with Crippen molar-refractivity contribution in [3.63, 3.8) is 0 Å². The highest BCUT2D eigenvalue weighted by Crippen LogP contribution is 2.39. The van der Waals surface area contributed by atoms with Crippen molar-refractivity contribution in [1.29, 1.82) is 0 Å². The fraction of sp³-hybridized carbons (Fsp3) is 0.0889. The lowest BCUT2D eigenvalue weighted by molar-refractivity contribution is 1.04. The van der Waals surface area contributed by atoms with Gasteiger partial charge >= 0.3 is 0 Å². The van der Waals surface area contributed by atoms with E-state index in [1.807, 2.05) is 18.5 Å². The molecule has 0 amide bonds. The molecule has 0 aliphatic carbocycles. The summed E-state index contributed by atoms with van der Waals surface area (Å²) in [4.78, 5) is 14.6. The van der Waals surface area contributed by atoms with E-state index in [9.17, 15) is 0 Å². The van der Waals surface area contributed by atoms with E-state index in [1.165, 1.54) is 65.5 Å². The average Bonchev–Trinajstić information content (AvgIpc) is 3.51. The van der Waals surface area contributed by atoms with Crippen LogP contribution < -0.4 is 0 Å². The number of aliphatic imine (C=N–C) groups is 1. The molecule has 3 aromatic heterocycles. The highest BCUT2D eigenvalue weighted by molar-refractivity contribution is 6.25. The Morgan fingerprint density at radius 2 is 1.43 bits per heavy atom. The molecule has 0 unspecified atom stereocenters. The first kappa shape index (κ1) is 27.9. The maximum atomic E-state index is 4.97. The lowest BCUT2D eigenvalue weighted by Crippen LogP contribution is -2.08. The van der Waals surface area contributed by atoms with Gasteiger partial charge in [0.1, 0.15) is 0 Å². The number of rotatable bonds is 5. The summed E-state index contributed by atoms with van der Waals surface area (Å²) in [6, 6.07) is 43.9. The minimum Gasteiger partial charge on any atom is -0.308 e. The summed E-state index contributed by atoms with van der Waals surface area (Å²) in [6.45, 7) is 2.24. The van der Waals surface area contributed by atoms with Crippen LogP contribution in [0.3, 0.4) is 0 Å². The number of aryl methyl sites for hydroxylation is 1. The Bertz CT molecular complexity index is 2730. The molecule has 1 aliphatic rings. The monoisotopic (exact) mass is 628 g/mol. The highest BCUT2D eigenvalue weighted by atomic mass is 15.0. The van der Waals surface area contributed by atoms with Gasteiger partial charge in [-0.25, -0.2) is 0 Å². The topological polar surface area (TPSA) is 43.1 Å². The number of aromatic nitrogens is 3. The van der Waals surface area contributed by atoms with Gasteiger partial charge < -0.3 is 4.57 Å². The SMILES string of the molecule is CCc1cc(-n2c3ccccc3c3ncccc32)ccc1C1=CN=C(c2ccc(-c3ccc4ccc5cccc6ccc3c4c56)cn2)CC1. The Morgan fingerprint density at radius 3 is 2.24 bits per heavy atom. The molecule has 10 rings (SSSR count). The summed E-state index contributed by atoms with van der Waals surface area (Å²) in [7, 11) is 0. The minimum atomic E-state index is 0.861. The molecular weight excluding hydrogens is 597 g/mol. The number of hydrogen-bond donors (Lipinski definition) is 0. The van der Waals surface area contributed by atoms with Gasteiger partial charge in [-0.1, -0.05) is 91.9 Å². The fourth-order valence-electron chi connectivity index (χ4n) is 8.03. The molecule has 4 heterocycles. The second-order valence-corrected chi connectivity index (χ2v) is 13.1. The Labute approximate surface area is 284 Å². The van der Waals surface area contributed by atoms with Crippen LogP contribution in [0.1, 0.15) is 36.6 Å². The molecule has 232 valence electrons. The van der Waals surface area contributed by atoms with Crippen LogP contribution in [0, 0.1) is 0 Å². The van der Waals surface area contributed by atoms with Crippen LogP contribution in [-0.4, -0.2) is 20.2 Å². The molecule has 0 spiro atoms. The number of hydrogen-bond acceptors (Lipinski definition) is 3. The van der Waals surface area contributed by atoms with Crippen LogP contribution in [0.5, 0.6) is 0 Å². The minimum absolute atomic E-state index is 0.861. The maximum Gasteiger partial charge on any atom is 0.0963 e. The van der Waals surface area contributed by atoms with E-state index < -0.39 is 0 Å². The summed E-state index contributed by atoms with van der Waals surface area (Å²) >= 11 is 0. The van der Waals surface area contributed by atoms with Crippen molar-refractivity contribution >= 4 is 65.5 Å². The van der Waals surface area contributed by atoms with Crippen molar-refractivity contribution in [3.8, 4) is 16.8 Å². The molecule has 1 aliphatic heterocycles. The number of allylic oxidation sites excluding steroid dienone is 1. The second kappa shape index (κ2) is 11.0. The van der Waals surface area contributed by atoms with Gasteiger partial charge in [0.15, 0.2) is 0 Å². The van der Waals surface area contributed by atoms with Gasteiger partial charge in [-0.05, 0) is 110 Å². The Kier molecular flexibility index (Phi) is 6.25. The van der Waals surface area contributed by atoms with E-state index in [4.69, 9.17) is 15.0 Å². The molecule has 0 fully saturated rings. The first-order valence-electron chi connectivity index (χ1n) is 17.1. The van der Waals surface area contributed by atoms with Gasteiger partial charge in [-0.15, -0.1) is 0 Å². The fourth-order valence-corrected chi connectivity index (χ4v) is 8.03. The summed E-state index contributed by atoms with van der Waals surface area (Å²) < 4.78 is 2.34. The van der Waals surface area contributed by atoms with Crippen molar-refractivity contribution in [2.45, 2.75) is 26.2 Å². The van der Waals surface area contributed by atoms with E-state index in [0.717, 1.165) is 53.0 Å². The van der Waals surface area contributed by atoms with Gasteiger partial charge in [0, 0.05) is 35.2 Å². The smallest absolute Gasteiger partial charge is 0.0963 e. The standard InChI is InChI=1S/C45H32N4/c1-2-28-25-34(49-41-10-4-3-9-38(41)45-42(49)11-6-24-46-45)18-21-35(28)32-16-22-39(47-26-32)40-23-17-33(27-48-40)36-19-14-31-13-12-29-7-5-8-30-15-20-37(36)44(31)43(29)30/h3-15,17-21,23-27H,2,16,22H2,1H3. The molecule has 0 bridgehead atoms. The van der Waals surface area contributed by atoms with Gasteiger partial charge in [-0.3, -0.25) is 15.0 Å². The van der Waals surface area contributed by atoms with Crippen LogP contribution in [-0.2, 0) is 6.42 Å². The van der Waals surface area contributed by atoms with Crippen molar-refractivity contribution < 1.29 is 0 Å². The van der Waals surface area contributed by atoms with E-state index in [0.29, 0.717) is 0 Å². The first-order valence-corrected chi connectivity index (χ1v) is 17.1. The molecule has 49 heavy (non-hydrogen) atoms. The van der Waals surface area contributed by atoms with Crippen LogP contribution in [0.15, 0.2) is 145 Å². The van der Waals surface area contributed by atoms with Crippen molar-refractivity contribution in [3.05, 3.63) is 157 Å². The second-order valence-electron chi connectivity index (χ2n) is 13.1. The predicted molar refractivity (Wildman–Crippen MR) is 205 cm³/mol. The third-order valence-electron chi connectivity index (χ3n) is 10.4. The third-order valence-corrected chi connectivity index (χ3v) is 10.4. The maximum absolute atomic E-state index is 4.97. The summed E-state index contributed by atoms with van der Waals surface area (Å²) in [6.07, 6.45) is 8.69. The predicted octanol–water partition coefficient (Wildman–Crippen LogP) is 11.3. The van der Waals surface area contributed by atoms with Crippen LogP contribution in [0.4, 0.5) is 0 Å². The zero-order valence-electron chi connectivity index (χ0n) is 27.2. The summed E-state index contributed by atoms with van der Waals surface area (Å²) in [5, 5.41) is 8.96. The lowest BCUT2D eigenvalue weighted by atomic mass is 9.90. The molecule has 9 aromatic rings. The summed E-state index contributed by atoms with van der Waals surface area (Å²) in [5.74, 6) is 0. The van der Waals surface area contributed by atoms with Crippen LogP contribution >= 0.6 is 0 Å². The molecule has 4 heteroatoms. The lowest BCUT2D eigenvalue weighted by Gasteiger charge is -2.18. The highest BCUT2D eigenvalue weighted by Gasteiger charge is 2.18. The van der Waals surface area contributed by atoms with Crippen molar-refractivity contribution in [2.24, 2.45) is 4.99 Å². The zero-order valence-corrected chi connectivity index (χ0v) is 27.2. The third kappa shape index (κ3) is 4.34. The number of para-hydroxylation sites is 1. The molecular formula is C45H32N4. The van der Waals surface area contributed by atoms with Gasteiger partial charge in [0.25, 0.3) is 0 Å². The average molecular weight is 629 g/mol. The first-order chi connectivity index (χ1) is 24.2. The molecule has 0 atom stereocenters. The van der Waals surface area contributed by atoms with Crippen LogP contribution in [0.25, 0.3) is 76.6 Å². The van der Waals surface area contributed by atoms with E-state index >= 15 is 0 Å². The van der Waals surface area contributed by atoms with Gasteiger partial charge in [0.2, 0.25) is 0 Å². The molecule has 4 nitrogen and oxygen atoms in total. The van der Waals surface area contributed by atoms with E-state index in [2.05, 4.69) is 133 Å². The molecule has 0 radical (unpaired) electrons. The van der Waals surface area contributed by atoms with Crippen LogP contribution in [0.2, 0.25) is 0 Å². The number of fused-ring (bicyclic) bond motifs is 3. The van der Waals surface area contributed by atoms with Crippen molar-refractivity contribution in [1.82, 2.24) is 14.5 Å². The van der Waals surface area contributed by atoms with Gasteiger partial charge in [0.05, 0.1) is 28.0 Å².